The zero-order valence-electron chi connectivity index (χ0n) is 17.4. The van der Waals surface area contributed by atoms with Crippen molar-refractivity contribution in [1.82, 2.24) is 19.4 Å². The lowest BCUT2D eigenvalue weighted by molar-refractivity contribution is -0.139. The van der Waals surface area contributed by atoms with Crippen molar-refractivity contribution in [1.29, 1.82) is 0 Å². The first-order valence-corrected chi connectivity index (χ1v) is 9.83. The molecule has 4 rings (SSSR count). The monoisotopic (exact) mass is 451 g/mol. The zero-order valence-corrected chi connectivity index (χ0v) is 17.4. The number of alkyl halides is 3. The Balaban J connectivity index is 1.58. The lowest BCUT2D eigenvalue weighted by Gasteiger charge is -2.33. The minimum Gasteiger partial charge on any atom is -0.353 e. The molecule has 3 aromatic rings. The second-order valence-corrected chi connectivity index (χ2v) is 7.60. The normalized spacial score (nSPS) is 15.2. The summed E-state index contributed by atoms with van der Waals surface area (Å²) in [4.78, 5) is 25.6. The maximum Gasteiger partial charge on any atom is 0.419 e. The highest BCUT2D eigenvalue weighted by atomic mass is 19.4. The molecule has 2 amide bonds. The van der Waals surface area contributed by atoms with Gasteiger partial charge in [0.15, 0.2) is 0 Å². The van der Waals surface area contributed by atoms with Gasteiger partial charge in [-0.15, -0.1) is 0 Å². The number of anilines is 3. The van der Waals surface area contributed by atoms with Crippen molar-refractivity contribution < 1.29 is 22.4 Å². The molecule has 1 fully saturated rings. The molecule has 12 heteroatoms. The summed E-state index contributed by atoms with van der Waals surface area (Å²) in [6.07, 6.45) is -3.05. The molecule has 0 bridgehead atoms. The largest absolute Gasteiger partial charge is 0.419 e. The lowest BCUT2D eigenvalue weighted by atomic mass is 10.2. The fraction of sp³-hybridized carbons (Fsp3) is 0.350. The van der Waals surface area contributed by atoms with Gasteiger partial charge in [0.1, 0.15) is 17.3 Å². The van der Waals surface area contributed by atoms with Crippen molar-refractivity contribution in [3.05, 3.63) is 41.8 Å². The van der Waals surface area contributed by atoms with Gasteiger partial charge in [0.05, 0.1) is 10.9 Å². The van der Waals surface area contributed by atoms with Crippen LogP contribution in [0.3, 0.4) is 0 Å². The summed E-state index contributed by atoms with van der Waals surface area (Å²) in [7, 11) is 3.84. The molecule has 1 aliphatic heterocycles. The molecule has 0 atom stereocenters. The quantitative estimate of drug-likeness (QED) is 0.596. The number of amides is 2. The minimum atomic E-state index is -4.88. The van der Waals surface area contributed by atoms with E-state index < -0.39 is 23.6 Å². The molecular weight excluding hydrogens is 430 g/mol. The summed E-state index contributed by atoms with van der Waals surface area (Å²) < 4.78 is 54.0. The van der Waals surface area contributed by atoms with Gasteiger partial charge >= 0.3 is 12.2 Å². The number of hydrogen-bond donors (Lipinski definition) is 2. The van der Waals surface area contributed by atoms with Gasteiger partial charge in [0, 0.05) is 45.1 Å². The van der Waals surface area contributed by atoms with E-state index in [0.29, 0.717) is 23.6 Å². The standard InChI is InChI=1S/C20H21F4N7O/c1-29-7-9-31(10-8-29)17-13-5-6-30(2)16(13)26-18(27-17)28-19(32)25-12-3-4-15(21)14(11-12)20(22,23)24/h3-6,11H,7-10H2,1-2H3,(H2,25,26,27,28,32). The van der Waals surface area contributed by atoms with Gasteiger partial charge in [-0.25, -0.2) is 9.18 Å². The number of piperazine rings is 1. The molecule has 0 aliphatic carbocycles. The average Bonchev–Trinajstić information content (AvgIpc) is 3.09. The van der Waals surface area contributed by atoms with Gasteiger partial charge in [0.25, 0.3) is 0 Å². The second kappa shape index (κ2) is 8.26. The molecule has 0 saturated carbocycles. The van der Waals surface area contributed by atoms with E-state index in [1.54, 1.807) is 4.57 Å². The minimum absolute atomic E-state index is 0.00360. The van der Waals surface area contributed by atoms with Gasteiger partial charge in [-0.3, -0.25) is 5.32 Å². The van der Waals surface area contributed by atoms with E-state index in [1.807, 2.05) is 26.4 Å². The van der Waals surface area contributed by atoms with Gasteiger partial charge < -0.3 is 19.7 Å². The zero-order chi connectivity index (χ0) is 23.0. The van der Waals surface area contributed by atoms with Crippen LogP contribution in [0, 0.1) is 5.82 Å². The van der Waals surface area contributed by atoms with Crippen molar-refractivity contribution >= 4 is 34.5 Å². The maximum atomic E-state index is 13.5. The highest BCUT2D eigenvalue weighted by Crippen LogP contribution is 2.33. The van der Waals surface area contributed by atoms with Crippen LogP contribution in [-0.4, -0.2) is 58.7 Å². The second-order valence-electron chi connectivity index (χ2n) is 7.60. The van der Waals surface area contributed by atoms with Gasteiger partial charge in [-0.05, 0) is 31.3 Å². The van der Waals surface area contributed by atoms with Crippen LogP contribution in [0.25, 0.3) is 11.0 Å². The molecule has 1 aromatic carbocycles. The Bertz CT molecular complexity index is 1150. The van der Waals surface area contributed by atoms with Crippen LogP contribution in [0.2, 0.25) is 0 Å². The molecular formula is C20H21F4N7O. The predicted molar refractivity (Wildman–Crippen MR) is 112 cm³/mol. The van der Waals surface area contributed by atoms with E-state index >= 15 is 0 Å². The molecule has 0 spiro atoms. The van der Waals surface area contributed by atoms with Crippen LogP contribution in [-0.2, 0) is 13.2 Å². The number of rotatable bonds is 3. The van der Waals surface area contributed by atoms with Crippen molar-refractivity contribution in [2.75, 3.05) is 48.8 Å². The Morgan fingerprint density at radius 2 is 1.75 bits per heavy atom. The molecule has 0 radical (unpaired) electrons. The fourth-order valence-corrected chi connectivity index (χ4v) is 3.52. The van der Waals surface area contributed by atoms with Crippen LogP contribution >= 0.6 is 0 Å². The number of carbonyl (C=O) groups is 1. The number of urea groups is 1. The third-order valence-corrected chi connectivity index (χ3v) is 5.26. The van der Waals surface area contributed by atoms with Crippen LogP contribution in [0.1, 0.15) is 5.56 Å². The number of nitrogens with one attached hydrogen (secondary N) is 2. The summed E-state index contributed by atoms with van der Waals surface area (Å²) in [6, 6.07) is 3.27. The van der Waals surface area contributed by atoms with Crippen LogP contribution in [0.15, 0.2) is 30.5 Å². The smallest absolute Gasteiger partial charge is 0.353 e. The Kier molecular flexibility index (Phi) is 5.63. The molecule has 1 aliphatic rings. The number of aryl methyl sites for hydroxylation is 1. The van der Waals surface area contributed by atoms with Gasteiger partial charge in [-0.1, -0.05) is 0 Å². The predicted octanol–water partition coefficient (Wildman–Crippen LogP) is 3.52. The Hall–Kier alpha value is -3.41. The van der Waals surface area contributed by atoms with E-state index in [4.69, 9.17) is 0 Å². The lowest BCUT2D eigenvalue weighted by Crippen LogP contribution is -2.45. The number of nitrogens with zero attached hydrogens (tertiary/aromatic N) is 5. The fourth-order valence-electron chi connectivity index (χ4n) is 3.52. The first kappa shape index (κ1) is 21.8. The molecule has 0 unspecified atom stereocenters. The molecule has 2 aromatic heterocycles. The number of carbonyl (C=O) groups excluding carboxylic acids is 1. The summed E-state index contributed by atoms with van der Waals surface area (Å²) in [5.74, 6) is -0.748. The maximum absolute atomic E-state index is 13.5. The molecule has 8 nitrogen and oxygen atoms in total. The van der Waals surface area contributed by atoms with E-state index in [1.165, 1.54) is 0 Å². The van der Waals surface area contributed by atoms with E-state index in [-0.39, 0.29) is 11.6 Å². The number of likely N-dealkylation sites (N-methyl/N-ethyl adjacent to an activating group) is 1. The number of halogens is 4. The van der Waals surface area contributed by atoms with Crippen LogP contribution in [0.5, 0.6) is 0 Å². The first-order chi connectivity index (χ1) is 15.1. The third-order valence-electron chi connectivity index (χ3n) is 5.26. The SMILES string of the molecule is CN1CCN(c2nc(NC(=O)Nc3ccc(F)c(C(F)(F)F)c3)nc3c2ccn3C)CC1. The summed E-state index contributed by atoms with van der Waals surface area (Å²) in [5.41, 5.74) is -1.07. The molecule has 3 heterocycles. The van der Waals surface area contributed by atoms with E-state index in [0.717, 1.165) is 37.6 Å². The number of benzene rings is 1. The molecule has 170 valence electrons. The van der Waals surface area contributed by atoms with Crippen LogP contribution < -0.4 is 15.5 Å². The average molecular weight is 451 g/mol. The highest BCUT2D eigenvalue weighted by Gasteiger charge is 2.34. The highest BCUT2D eigenvalue weighted by molar-refractivity contribution is 6.00. The third kappa shape index (κ3) is 4.44. The first-order valence-electron chi connectivity index (χ1n) is 9.83. The van der Waals surface area contributed by atoms with E-state index in [2.05, 4.69) is 30.4 Å². The van der Waals surface area contributed by atoms with Gasteiger partial charge in [0.2, 0.25) is 5.95 Å². The topological polar surface area (TPSA) is 78.3 Å². The summed E-state index contributed by atoms with van der Waals surface area (Å²) >= 11 is 0. The Morgan fingerprint density at radius 3 is 2.44 bits per heavy atom. The molecule has 1 saturated heterocycles. The Labute approximate surface area is 180 Å². The number of hydrogen-bond acceptors (Lipinski definition) is 5. The van der Waals surface area contributed by atoms with Crippen molar-refractivity contribution in [2.24, 2.45) is 7.05 Å². The summed E-state index contributed by atoms with van der Waals surface area (Å²) in [5, 5.41) is 5.56. The number of aromatic nitrogens is 3. The molecule has 32 heavy (non-hydrogen) atoms. The van der Waals surface area contributed by atoms with Crippen molar-refractivity contribution in [3.63, 3.8) is 0 Å². The van der Waals surface area contributed by atoms with Crippen molar-refractivity contribution in [3.8, 4) is 0 Å². The van der Waals surface area contributed by atoms with E-state index in [9.17, 15) is 22.4 Å². The van der Waals surface area contributed by atoms with Crippen LogP contribution in [0.4, 0.5) is 39.8 Å². The molecule has 2 N–H and O–H groups in total. The van der Waals surface area contributed by atoms with Crippen molar-refractivity contribution in [2.45, 2.75) is 6.18 Å². The number of fused-ring (bicyclic) bond motifs is 1. The Morgan fingerprint density at radius 1 is 1.03 bits per heavy atom. The van der Waals surface area contributed by atoms with Gasteiger partial charge in [-0.2, -0.15) is 23.1 Å². The summed E-state index contributed by atoms with van der Waals surface area (Å²) in [6.45, 7) is 3.21.